The third-order valence-electron chi connectivity index (χ3n) is 5.55. The van der Waals surface area contributed by atoms with Crippen molar-refractivity contribution in [2.75, 3.05) is 20.3 Å². The van der Waals surface area contributed by atoms with E-state index >= 15 is 0 Å². The average Bonchev–Trinajstić information content (AvgIpc) is 3.13. The summed E-state index contributed by atoms with van der Waals surface area (Å²) in [6.07, 6.45) is 7.29. The highest BCUT2D eigenvalue weighted by atomic mass is 16.7. The maximum atomic E-state index is 12.5. The first-order chi connectivity index (χ1) is 11.5. The van der Waals surface area contributed by atoms with Gasteiger partial charge in [0.15, 0.2) is 6.29 Å². The number of ether oxygens (including phenoxy) is 2. The van der Waals surface area contributed by atoms with Gasteiger partial charge in [0, 0.05) is 7.05 Å². The number of nitrogens with two attached hydrogens (primary N) is 1. The average molecular weight is 342 g/mol. The third kappa shape index (κ3) is 5.41. The van der Waals surface area contributed by atoms with Crippen molar-refractivity contribution in [3.8, 4) is 0 Å². The van der Waals surface area contributed by atoms with E-state index in [2.05, 4.69) is 0 Å². The number of nitrogens with zero attached hydrogens (tertiary/aromatic N) is 1. The molecule has 2 aliphatic rings. The largest absolute Gasteiger partial charge is 0.391 e. The summed E-state index contributed by atoms with van der Waals surface area (Å²) in [7, 11) is 1.75. The monoisotopic (exact) mass is 342 g/mol. The van der Waals surface area contributed by atoms with E-state index in [1.165, 1.54) is 19.3 Å². The van der Waals surface area contributed by atoms with Crippen LogP contribution in [0.25, 0.3) is 0 Å². The zero-order valence-corrected chi connectivity index (χ0v) is 15.2. The van der Waals surface area contributed by atoms with Crippen molar-refractivity contribution in [1.82, 2.24) is 4.90 Å². The van der Waals surface area contributed by atoms with Crippen LogP contribution in [0.5, 0.6) is 0 Å². The highest BCUT2D eigenvalue weighted by Gasteiger charge is 2.32. The van der Waals surface area contributed by atoms with E-state index in [1.54, 1.807) is 11.9 Å². The number of aliphatic hydroxyl groups is 1. The van der Waals surface area contributed by atoms with Gasteiger partial charge in [-0.1, -0.05) is 19.3 Å². The first kappa shape index (κ1) is 19.6. The number of carbonyl (C=O) groups is 1. The van der Waals surface area contributed by atoms with Crippen molar-refractivity contribution >= 4 is 5.91 Å². The summed E-state index contributed by atoms with van der Waals surface area (Å²) < 4.78 is 10.8. The molecule has 1 aliphatic heterocycles. The molecule has 0 spiro atoms. The highest BCUT2D eigenvalue weighted by Crippen LogP contribution is 2.29. The topological polar surface area (TPSA) is 85.0 Å². The standard InChI is InChI=1S/C18H34N2O4/c1-13(17(21)14-7-4-3-5-8-14)20(2)18(22)15(19)9-6-10-16-23-11-12-24-16/h13-17,21H,3-12,19H2,1-2H3/t13-,15+,17?/m1/s1. The Bertz CT molecular complexity index is 381. The Morgan fingerprint density at radius 2 is 1.88 bits per heavy atom. The Morgan fingerprint density at radius 3 is 2.50 bits per heavy atom. The van der Waals surface area contributed by atoms with Gasteiger partial charge in [0.05, 0.1) is 31.4 Å². The first-order valence-electron chi connectivity index (χ1n) is 9.44. The maximum Gasteiger partial charge on any atom is 0.239 e. The maximum absolute atomic E-state index is 12.5. The van der Waals surface area contributed by atoms with Gasteiger partial charge in [-0.25, -0.2) is 0 Å². The van der Waals surface area contributed by atoms with Crippen molar-refractivity contribution in [3.05, 3.63) is 0 Å². The molecule has 3 N–H and O–H groups in total. The van der Waals surface area contributed by atoms with Crippen LogP contribution in [0.15, 0.2) is 0 Å². The van der Waals surface area contributed by atoms with Crippen LogP contribution in [0, 0.1) is 5.92 Å². The lowest BCUT2D eigenvalue weighted by molar-refractivity contribution is -0.136. The SMILES string of the molecule is C[C@H](C(O)C1CCCCC1)N(C)C(=O)[C@@H](N)CCCC1OCCO1. The molecule has 2 rings (SSSR count). The normalized spacial score (nSPS) is 23.8. The molecule has 2 fully saturated rings. The molecule has 0 radical (unpaired) electrons. The second kappa shape index (κ2) is 9.70. The van der Waals surface area contributed by atoms with E-state index in [0.29, 0.717) is 25.6 Å². The lowest BCUT2D eigenvalue weighted by atomic mass is 9.82. The van der Waals surface area contributed by atoms with Crippen molar-refractivity contribution in [2.24, 2.45) is 11.7 Å². The van der Waals surface area contributed by atoms with Gasteiger partial charge < -0.3 is 25.2 Å². The smallest absolute Gasteiger partial charge is 0.239 e. The summed E-state index contributed by atoms with van der Waals surface area (Å²) in [6, 6.07) is -0.731. The van der Waals surface area contributed by atoms with Gasteiger partial charge >= 0.3 is 0 Å². The Balaban J connectivity index is 1.74. The van der Waals surface area contributed by atoms with Crippen molar-refractivity contribution in [2.45, 2.75) is 82.8 Å². The third-order valence-corrected chi connectivity index (χ3v) is 5.55. The minimum Gasteiger partial charge on any atom is -0.391 e. The van der Waals surface area contributed by atoms with Crippen LogP contribution in [0.1, 0.15) is 58.3 Å². The quantitative estimate of drug-likeness (QED) is 0.700. The van der Waals surface area contributed by atoms with Gasteiger partial charge in [-0.3, -0.25) is 4.79 Å². The predicted molar refractivity (Wildman–Crippen MR) is 92.3 cm³/mol. The van der Waals surface area contributed by atoms with Crippen LogP contribution >= 0.6 is 0 Å². The number of hydrogen-bond acceptors (Lipinski definition) is 5. The molecule has 6 nitrogen and oxygen atoms in total. The van der Waals surface area contributed by atoms with Crippen LogP contribution in [-0.4, -0.2) is 60.7 Å². The Labute approximate surface area is 145 Å². The summed E-state index contributed by atoms with van der Waals surface area (Å²) in [4.78, 5) is 14.2. The lowest BCUT2D eigenvalue weighted by Crippen LogP contribution is -2.51. The second-order valence-corrected chi connectivity index (χ2v) is 7.29. The fourth-order valence-electron chi connectivity index (χ4n) is 3.76. The van der Waals surface area contributed by atoms with Gasteiger partial charge in [-0.2, -0.15) is 0 Å². The van der Waals surface area contributed by atoms with Crippen molar-refractivity contribution in [3.63, 3.8) is 0 Å². The minimum absolute atomic E-state index is 0.0920. The molecule has 140 valence electrons. The van der Waals surface area contributed by atoms with E-state index in [-0.39, 0.29) is 18.2 Å². The fourth-order valence-corrected chi connectivity index (χ4v) is 3.76. The van der Waals surface area contributed by atoms with Crippen molar-refractivity contribution < 1.29 is 19.4 Å². The molecule has 0 aromatic rings. The molecule has 1 aliphatic carbocycles. The first-order valence-corrected chi connectivity index (χ1v) is 9.44. The molecule has 1 unspecified atom stereocenters. The number of carbonyl (C=O) groups excluding carboxylic acids is 1. The summed E-state index contributed by atoms with van der Waals surface area (Å²) in [5.41, 5.74) is 6.06. The van der Waals surface area contributed by atoms with E-state index in [0.717, 1.165) is 25.7 Å². The summed E-state index contributed by atoms with van der Waals surface area (Å²) in [5.74, 6) is 0.211. The lowest BCUT2D eigenvalue weighted by Gasteiger charge is -2.36. The summed E-state index contributed by atoms with van der Waals surface area (Å²) in [6.45, 7) is 3.22. The van der Waals surface area contributed by atoms with Gasteiger partial charge in [0.2, 0.25) is 5.91 Å². The van der Waals surface area contributed by atoms with E-state index in [1.807, 2.05) is 6.92 Å². The number of rotatable bonds is 8. The molecular formula is C18H34N2O4. The molecule has 1 amide bonds. The van der Waals surface area contributed by atoms with Crippen LogP contribution in [0.2, 0.25) is 0 Å². The fraction of sp³-hybridized carbons (Fsp3) is 0.944. The summed E-state index contributed by atoms with van der Waals surface area (Å²) >= 11 is 0. The number of hydrogen-bond donors (Lipinski definition) is 2. The molecule has 0 aromatic carbocycles. The van der Waals surface area contributed by atoms with Crippen molar-refractivity contribution in [1.29, 1.82) is 0 Å². The van der Waals surface area contributed by atoms with Gasteiger partial charge in [-0.15, -0.1) is 0 Å². The number of likely N-dealkylation sites (N-methyl/N-ethyl adjacent to an activating group) is 1. The molecular weight excluding hydrogens is 308 g/mol. The predicted octanol–water partition coefficient (Wildman–Crippen LogP) is 1.64. The van der Waals surface area contributed by atoms with Crippen LogP contribution in [-0.2, 0) is 14.3 Å². The Hall–Kier alpha value is -0.690. The minimum atomic E-state index is -0.530. The zero-order valence-electron chi connectivity index (χ0n) is 15.2. The highest BCUT2D eigenvalue weighted by molar-refractivity contribution is 5.81. The molecule has 0 bridgehead atoms. The number of amides is 1. The summed E-state index contributed by atoms with van der Waals surface area (Å²) in [5, 5.41) is 10.6. The van der Waals surface area contributed by atoms with Gasteiger partial charge in [0.1, 0.15) is 0 Å². The van der Waals surface area contributed by atoms with E-state index in [4.69, 9.17) is 15.2 Å². The Morgan fingerprint density at radius 1 is 1.25 bits per heavy atom. The van der Waals surface area contributed by atoms with Gasteiger partial charge in [0.25, 0.3) is 0 Å². The molecule has 1 saturated carbocycles. The van der Waals surface area contributed by atoms with Crippen LogP contribution < -0.4 is 5.73 Å². The molecule has 3 atom stereocenters. The molecule has 24 heavy (non-hydrogen) atoms. The Kier molecular flexibility index (Phi) is 7.94. The molecule has 1 saturated heterocycles. The zero-order chi connectivity index (χ0) is 17.5. The molecule has 1 heterocycles. The van der Waals surface area contributed by atoms with E-state index in [9.17, 15) is 9.90 Å². The van der Waals surface area contributed by atoms with Gasteiger partial charge in [-0.05, 0) is 44.9 Å². The molecule has 6 heteroatoms. The van der Waals surface area contributed by atoms with E-state index < -0.39 is 12.1 Å². The van der Waals surface area contributed by atoms with Crippen LogP contribution in [0.4, 0.5) is 0 Å². The van der Waals surface area contributed by atoms with Crippen LogP contribution in [0.3, 0.4) is 0 Å². The number of aliphatic hydroxyl groups excluding tert-OH is 1. The molecule has 0 aromatic heterocycles. The second-order valence-electron chi connectivity index (χ2n) is 7.29.